The first-order valence-electron chi connectivity index (χ1n) is 8.69. The van der Waals surface area contributed by atoms with Crippen molar-refractivity contribution in [3.05, 3.63) is 76.3 Å². The van der Waals surface area contributed by atoms with E-state index in [1.807, 2.05) is 0 Å². The van der Waals surface area contributed by atoms with Gasteiger partial charge in [0.2, 0.25) is 0 Å². The Kier molecular flexibility index (Phi) is 6.36. The second kappa shape index (κ2) is 8.95. The highest BCUT2D eigenvalue weighted by Gasteiger charge is 2.32. The van der Waals surface area contributed by atoms with Gasteiger partial charge < -0.3 is 10.4 Å². The van der Waals surface area contributed by atoms with Crippen LogP contribution >= 0.6 is 11.3 Å². The molecule has 0 bridgehead atoms. The first kappa shape index (κ1) is 21.3. The van der Waals surface area contributed by atoms with Crippen molar-refractivity contribution in [2.75, 3.05) is 10.6 Å². The Morgan fingerprint density at radius 3 is 2.43 bits per heavy atom. The third-order valence-electron chi connectivity index (χ3n) is 4.06. The first-order valence-corrected chi connectivity index (χ1v) is 9.57. The van der Waals surface area contributed by atoms with Crippen LogP contribution < -0.4 is 10.6 Å². The zero-order valence-corrected chi connectivity index (χ0v) is 16.2. The van der Waals surface area contributed by atoms with Crippen LogP contribution in [0.3, 0.4) is 0 Å². The fraction of sp³-hybridized carbons (Fsp3) is 0.150. The Morgan fingerprint density at radius 1 is 1.07 bits per heavy atom. The number of thiazole rings is 1. The molecule has 2 aromatic carbocycles. The zero-order chi connectivity index (χ0) is 21.7. The van der Waals surface area contributed by atoms with E-state index in [0.717, 1.165) is 17.4 Å². The largest absolute Gasteiger partial charge is 0.481 e. The number of carbonyl (C=O) groups is 2. The van der Waals surface area contributed by atoms with Crippen LogP contribution in [0.1, 0.15) is 27.2 Å². The number of alkyl halides is 3. The predicted molar refractivity (Wildman–Crippen MR) is 107 cm³/mol. The van der Waals surface area contributed by atoms with E-state index in [2.05, 4.69) is 15.6 Å². The number of anilines is 2. The summed E-state index contributed by atoms with van der Waals surface area (Å²) in [6.07, 6.45) is -4.66. The lowest BCUT2D eigenvalue weighted by Crippen LogP contribution is -2.13. The average molecular weight is 435 g/mol. The Balaban J connectivity index is 1.61. The summed E-state index contributed by atoms with van der Waals surface area (Å²) >= 11 is 1.12. The smallest absolute Gasteiger partial charge is 0.416 e. The van der Waals surface area contributed by atoms with Crippen LogP contribution in [0.15, 0.2) is 53.9 Å². The maximum absolute atomic E-state index is 13.1. The Morgan fingerprint density at radius 2 is 1.77 bits per heavy atom. The highest BCUT2D eigenvalue weighted by atomic mass is 32.1. The zero-order valence-electron chi connectivity index (χ0n) is 15.4. The first-order chi connectivity index (χ1) is 14.2. The van der Waals surface area contributed by atoms with Crippen molar-refractivity contribution >= 4 is 34.0 Å². The molecular formula is C20H16F3N3O3S. The molecule has 0 saturated carbocycles. The third kappa shape index (κ3) is 5.57. The molecule has 1 heterocycles. The normalized spacial score (nSPS) is 11.2. The molecule has 0 aliphatic rings. The van der Waals surface area contributed by atoms with Gasteiger partial charge in [-0.3, -0.25) is 14.9 Å². The maximum Gasteiger partial charge on any atom is 0.416 e. The van der Waals surface area contributed by atoms with Gasteiger partial charge in [0, 0.05) is 23.2 Å². The SMILES string of the molecule is O=C(O)Cc1csc(NC(=O)c2ccc(NCc3ccccc3C(F)(F)F)cc2)n1. The molecule has 0 spiro atoms. The van der Waals surface area contributed by atoms with E-state index in [1.54, 1.807) is 23.6 Å². The van der Waals surface area contributed by atoms with Gasteiger partial charge >= 0.3 is 12.1 Å². The molecule has 0 radical (unpaired) electrons. The minimum atomic E-state index is -4.43. The maximum atomic E-state index is 13.1. The minimum Gasteiger partial charge on any atom is -0.481 e. The number of benzene rings is 2. The van der Waals surface area contributed by atoms with Gasteiger partial charge in [0.25, 0.3) is 5.91 Å². The number of halogens is 3. The highest BCUT2D eigenvalue weighted by Crippen LogP contribution is 2.32. The molecule has 1 aromatic heterocycles. The van der Waals surface area contributed by atoms with E-state index >= 15 is 0 Å². The quantitative estimate of drug-likeness (QED) is 0.502. The van der Waals surface area contributed by atoms with Gasteiger partial charge in [0.05, 0.1) is 17.7 Å². The molecule has 0 aliphatic heterocycles. The summed E-state index contributed by atoms with van der Waals surface area (Å²) in [6, 6.07) is 11.5. The van der Waals surface area contributed by atoms with Crippen LogP contribution in [0, 0.1) is 0 Å². The fourth-order valence-electron chi connectivity index (χ4n) is 2.66. The Labute approximate surface area is 173 Å². The van der Waals surface area contributed by atoms with Gasteiger partial charge in [-0.2, -0.15) is 13.2 Å². The molecule has 3 N–H and O–H groups in total. The summed E-state index contributed by atoms with van der Waals surface area (Å²) in [6.45, 7) is -0.0211. The number of carboxylic acid groups (broad SMARTS) is 1. The van der Waals surface area contributed by atoms with Crippen molar-refractivity contribution < 1.29 is 27.9 Å². The molecule has 0 aliphatic carbocycles. The number of aliphatic carboxylic acids is 1. The van der Waals surface area contributed by atoms with Crippen molar-refractivity contribution in [3.63, 3.8) is 0 Å². The summed E-state index contributed by atoms with van der Waals surface area (Å²) in [5, 5.41) is 16.1. The van der Waals surface area contributed by atoms with E-state index in [9.17, 15) is 22.8 Å². The molecule has 1 amide bonds. The molecule has 156 valence electrons. The van der Waals surface area contributed by atoms with Crippen LogP contribution in [0.2, 0.25) is 0 Å². The van der Waals surface area contributed by atoms with Crippen LogP contribution in [0.25, 0.3) is 0 Å². The van der Waals surface area contributed by atoms with E-state index in [4.69, 9.17) is 5.11 Å². The van der Waals surface area contributed by atoms with Gasteiger partial charge in [-0.1, -0.05) is 18.2 Å². The summed E-state index contributed by atoms with van der Waals surface area (Å²) in [5.41, 5.74) is 0.654. The van der Waals surface area contributed by atoms with Gasteiger partial charge in [-0.25, -0.2) is 4.98 Å². The number of carboxylic acids is 1. The number of amides is 1. The van der Waals surface area contributed by atoms with Gasteiger partial charge in [0.1, 0.15) is 0 Å². The number of nitrogens with one attached hydrogen (secondary N) is 2. The van der Waals surface area contributed by atoms with Crippen molar-refractivity contribution in [2.24, 2.45) is 0 Å². The van der Waals surface area contributed by atoms with Gasteiger partial charge in [0.15, 0.2) is 5.13 Å². The van der Waals surface area contributed by atoms with Crippen LogP contribution in [-0.4, -0.2) is 22.0 Å². The lowest BCUT2D eigenvalue weighted by atomic mass is 10.1. The molecule has 3 rings (SSSR count). The second-order valence-electron chi connectivity index (χ2n) is 6.25. The van der Waals surface area contributed by atoms with Gasteiger partial charge in [-0.05, 0) is 35.9 Å². The number of hydrogen-bond acceptors (Lipinski definition) is 5. The second-order valence-corrected chi connectivity index (χ2v) is 7.11. The van der Waals surface area contributed by atoms with Crippen molar-refractivity contribution in [2.45, 2.75) is 19.1 Å². The molecule has 10 heteroatoms. The monoisotopic (exact) mass is 435 g/mol. The van der Waals surface area contributed by atoms with Crippen LogP contribution in [-0.2, 0) is 23.9 Å². The third-order valence-corrected chi connectivity index (χ3v) is 4.86. The molecule has 0 saturated heterocycles. The summed E-state index contributed by atoms with van der Waals surface area (Å²) in [7, 11) is 0. The molecule has 0 fully saturated rings. The number of aromatic nitrogens is 1. The van der Waals surface area contributed by atoms with E-state index < -0.39 is 23.6 Å². The van der Waals surface area contributed by atoms with Crippen molar-refractivity contribution in [3.8, 4) is 0 Å². The number of rotatable bonds is 7. The van der Waals surface area contributed by atoms with Gasteiger partial charge in [-0.15, -0.1) is 11.3 Å². The molecule has 30 heavy (non-hydrogen) atoms. The van der Waals surface area contributed by atoms with E-state index in [0.29, 0.717) is 16.9 Å². The van der Waals surface area contributed by atoms with E-state index in [1.165, 1.54) is 24.3 Å². The highest BCUT2D eigenvalue weighted by molar-refractivity contribution is 7.14. The standard InChI is InChI=1S/C20H16F3N3O3S/c21-20(22,23)16-4-2-1-3-13(16)10-24-14-7-5-12(6-8-14)18(29)26-19-25-15(11-30-19)9-17(27)28/h1-8,11,24H,9-10H2,(H,27,28)(H,25,26,29). The minimum absolute atomic E-state index is 0.0211. The summed E-state index contributed by atoms with van der Waals surface area (Å²) in [4.78, 5) is 27.0. The predicted octanol–water partition coefficient (Wildman–Crippen LogP) is 4.65. The van der Waals surface area contributed by atoms with E-state index in [-0.39, 0.29) is 23.7 Å². The lowest BCUT2D eigenvalue weighted by molar-refractivity contribution is -0.138. The van der Waals surface area contributed by atoms with Crippen LogP contribution in [0.4, 0.5) is 24.0 Å². The van der Waals surface area contributed by atoms with Crippen LogP contribution in [0.5, 0.6) is 0 Å². The molecule has 3 aromatic rings. The number of carbonyl (C=O) groups excluding carboxylic acids is 1. The number of hydrogen-bond donors (Lipinski definition) is 3. The van der Waals surface area contributed by atoms with Crippen molar-refractivity contribution in [1.29, 1.82) is 0 Å². The van der Waals surface area contributed by atoms with Crippen molar-refractivity contribution in [1.82, 2.24) is 4.98 Å². The fourth-order valence-corrected chi connectivity index (χ4v) is 3.36. The average Bonchev–Trinajstić information content (AvgIpc) is 3.12. The number of nitrogens with zero attached hydrogens (tertiary/aromatic N) is 1. The topological polar surface area (TPSA) is 91.3 Å². The molecule has 6 nitrogen and oxygen atoms in total. The molecule has 0 unspecified atom stereocenters. The Bertz CT molecular complexity index is 1050. The summed E-state index contributed by atoms with van der Waals surface area (Å²) in [5.74, 6) is -1.45. The molecular weight excluding hydrogens is 419 g/mol. The lowest BCUT2D eigenvalue weighted by Gasteiger charge is -2.14. The summed E-state index contributed by atoms with van der Waals surface area (Å²) < 4.78 is 39.2. The Hall–Kier alpha value is -3.40. The molecule has 0 atom stereocenters.